The minimum Gasteiger partial charge on any atom is -0.326 e. The average molecular weight is 512 g/mol. The lowest BCUT2D eigenvalue weighted by molar-refractivity contribution is -0.117. The highest BCUT2D eigenvalue weighted by molar-refractivity contribution is 9.25. The predicted octanol–water partition coefficient (Wildman–Crippen LogP) is 6.79. The predicted molar refractivity (Wildman–Crippen MR) is 108 cm³/mol. The Hall–Kier alpha value is -0.260. The van der Waals surface area contributed by atoms with Gasteiger partial charge in [-0.3, -0.25) is 4.79 Å². The minimum atomic E-state index is -0.514. The third-order valence-electron chi connectivity index (χ3n) is 4.01. The van der Waals surface area contributed by atoms with Gasteiger partial charge < -0.3 is 5.32 Å². The number of carbonyl (C=O) groups excluding carboxylic acids is 1. The molecule has 2 aromatic carbocycles. The largest absolute Gasteiger partial charge is 0.326 e. The van der Waals surface area contributed by atoms with Crippen LogP contribution in [-0.2, 0) is 4.79 Å². The molecule has 2 atom stereocenters. The summed E-state index contributed by atoms with van der Waals surface area (Å²) in [5.41, 5.74) is 2.54. The lowest BCUT2D eigenvalue weighted by Crippen LogP contribution is -2.16. The van der Waals surface area contributed by atoms with E-state index in [1.807, 2.05) is 25.1 Å². The molecule has 1 fully saturated rings. The number of carbonyl (C=O) groups is 1. The van der Waals surface area contributed by atoms with E-state index < -0.39 is 3.23 Å². The molecule has 1 saturated carbocycles. The lowest BCUT2D eigenvalue weighted by Gasteiger charge is -2.07. The molecule has 126 valence electrons. The molecule has 2 unspecified atom stereocenters. The summed E-state index contributed by atoms with van der Waals surface area (Å²) in [6, 6.07) is 10.7. The summed E-state index contributed by atoms with van der Waals surface area (Å²) in [5.74, 6) is -0.448. The first-order chi connectivity index (χ1) is 11.2. The average Bonchev–Trinajstić information content (AvgIpc) is 3.05. The van der Waals surface area contributed by atoms with Crippen molar-refractivity contribution >= 4 is 78.3 Å². The van der Waals surface area contributed by atoms with Gasteiger partial charge in [-0.1, -0.05) is 66.7 Å². The molecule has 24 heavy (non-hydrogen) atoms. The summed E-state index contributed by atoms with van der Waals surface area (Å²) in [6.07, 6.45) is 0. The van der Waals surface area contributed by atoms with Crippen LogP contribution >= 0.6 is 66.7 Å². The first-order valence-electron chi connectivity index (χ1n) is 7.11. The number of anilines is 1. The van der Waals surface area contributed by atoms with Crippen molar-refractivity contribution in [2.75, 3.05) is 5.32 Å². The zero-order chi connectivity index (χ0) is 17.6. The Labute approximate surface area is 172 Å². The van der Waals surface area contributed by atoms with Crippen molar-refractivity contribution in [1.29, 1.82) is 0 Å². The van der Waals surface area contributed by atoms with E-state index >= 15 is 0 Å². The highest BCUT2D eigenvalue weighted by Crippen LogP contribution is 2.67. The van der Waals surface area contributed by atoms with Crippen LogP contribution in [0.25, 0.3) is 0 Å². The van der Waals surface area contributed by atoms with Crippen LogP contribution in [0.15, 0.2) is 36.4 Å². The molecular formula is C17H12Br2Cl3NO. The van der Waals surface area contributed by atoms with E-state index in [0.29, 0.717) is 20.8 Å². The van der Waals surface area contributed by atoms with Crippen LogP contribution in [0.4, 0.5) is 5.69 Å². The van der Waals surface area contributed by atoms with Crippen molar-refractivity contribution in [3.05, 3.63) is 62.6 Å². The first kappa shape index (κ1) is 18.5. The maximum absolute atomic E-state index is 12.7. The second kappa shape index (κ2) is 6.81. The first-order valence-corrected chi connectivity index (χ1v) is 9.83. The van der Waals surface area contributed by atoms with Crippen LogP contribution in [0.2, 0.25) is 15.1 Å². The van der Waals surface area contributed by atoms with Crippen molar-refractivity contribution in [3.63, 3.8) is 0 Å². The number of aryl methyl sites for hydroxylation is 1. The monoisotopic (exact) mass is 509 g/mol. The van der Waals surface area contributed by atoms with E-state index in [1.54, 1.807) is 18.2 Å². The Morgan fingerprint density at radius 2 is 1.71 bits per heavy atom. The van der Waals surface area contributed by atoms with Crippen LogP contribution < -0.4 is 5.32 Å². The van der Waals surface area contributed by atoms with Crippen LogP contribution in [0.1, 0.15) is 17.0 Å². The van der Waals surface area contributed by atoms with Gasteiger partial charge in [-0.2, -0.15) is 0 Å². The summed E-state index contributed by atoms with van der Waals surface area (Å²) >= 11 is 25.4. The van der Waals surface area contributed by atoms with Crippen LogP contribution in [-0.4, -0.2) is 9.14 Å². The number of hydrogen-bond acceptors (Lipinski definition) is 1. The van der Waals surface area contributed by atoms with Crippen molar-refractivity contribution in [3.8, 4) is 0 Å². The standard InChI is InChI=1S/C17H12Br2Cl3NO/c1-8-4-12(2-3-13(8)22)23-16(24)15-14(17(15,18)19)9-5-10(20)7-11(21)6-9/h2-7,14-15H,1H3,(H,23,24). The van der Waals surface area contributed by atoms with Gasteiger partial charge in [-0.05, 0) is 54.4 Å². The fourth-order valence-corrected chi connectivity index (χ4v) is 5.16. The van der Waals surface area contributed by atoms with Crippen LogP contribution in [0.5, 0.6) is 0 Å². The molecule has 2 nitrogen and oxygen atoms in total. The maximum atomic E-state index is 12.7. The van der Waals surface area contributed by atoms with Crippen molar-refractivity contribution in [1.82, 2.24) is 0 Å². The summed E-state index contributed by atoms with van der Waals surface area (Å²) in [7, 11) is 0. The molecular weight excluding hydrogens is 500 g/mol. The Morgan fingerprint density at radius 1 is 1.08 bits per heavy atom. The van der Waals surface area contributed by atoms with Crippen LogP contribution in [0.3, 0.4) is 0 Å². The summed E-state index contributed by atoms with van der Waals surface area (Å²) < 4.78 is -0.514. The number of hydrogen-bond donors (Lipinski definition) is 1. The molecule has 2 aromatic rings. The van der Waals surface area contributed by atoms with Crippen molar-refractivity contribution in [2.45, 2.75) is 16.1 Å². The van der Waals surface area contributed by atoms with Gasteiger partial charge >= 0.3 is 0 Å². The molecule has 1 aliphatic rings. The molecule has 1 amide bonds. The number of amides is 1. The molecule has 3 rings (SSSR count). The van der Waals surface area contributed by atoms with E-state index in [4.69, 9.17) is 34.8 Å². The van der Waals surface area contributed by atoms with Crippen molar-refractivity contribution < 1.29 is 4.79 Å². The second-order valence-corrected chi connectivity index (χ2v) is 10.8. The molecule has 0 radical (unpaired) electrons. The fraction of sp³-hybridized carbons (Fsp3) is 0.235. The summed E-state index contributed by atoms with van der Waals surface area (Å²) in [4.78, 5) is 12.7. The highest BCUT2D eigenvalue weighted by Gasteiger charge is 2.66. The number of rotatable bonds is 3. The van der Waals surface area contributed by atoms with Crippen molar-refractivity contribution in [2.24, 2.45) is 5.92 Å². The maximum Gasteiger partial charge on any atom is 0.230 e. The van der Waals surface area contributed by atoms with Gasteiger partial charge in [-0.25, -0.2) is 0 Å². The molecule has 0 saturated heterocycles. The van der Waals surface area contributed by atoms with E-state index in [0.717, 1.165) is 11.1 Å². The molecule has 0 spiro atoms. The van der Waals surface area contributed by atoms with Gasteiger partial charge in [-0.15, -0.1) is 0 Å². The number of nitrogens with one attached hydrogen (secondary N) is 1. The van der Waals surface area contributed by atoms with Gasteiger partial charge in [0.25, 0.3) is 0 Å². The zero-order valence-electron chi connectivity index (χ0n) is 12.4. The van der Waals surface area contributed by atoms with E-state index in [2.05, 4.69) is 37.2 Å². The summed E-state index contributed by atoms with van der Waals surface area (Å²) in [5, 5.41) is 4.70. The topological polar surface area (TPSA) is 29.1 Å². The molecule has 0 aliphatic heterocycles. The van der Waals surface area contributed by atoms with Gasteiger partial charge in [0.1, 0.15) is 3.23 Å². The Bertz CT molecular complexity index is 805. The van der Waals surface area contributed by atoms with E-state index in [1.165, 1.54) is 0 Å². The van der Waals surface area contributed by atoms with Gasteiger partial charge in [0.2, 0.25) is 5.91 Å². The van der Waals surface area contributed by atoms with Gasteiger partial charge in [0.15, 0.2) is 0 Å². The molecule has 0 aromatic heterocycles. The normalized spacial score (nSPS) is 21.4. The number of alkyl halides is 2. The SMILES string of the molecule is Cc1cc(NC(=O)C2C(c3cc(Cl)cc(Cl)c3)C2(Br)Br)ccc1Cl. The smallest absolute Gasteiger partial charge is 0.230 e. The Balaban J connectivity index is 1.81. The Morgan fingerprint density at radius 3 is 2.29 bits per heavy atom. The number of benzene rings is 2. The highest BCUT2D eigenvalue weighted by atomic mass is 79.9. The fourth-order valence-electron chi connectivity index (χ4n) is 2.76. The third kappa shape index (κ3) is 3.63. The molecule has 0 heterocycles. The molecule has 7 heteroatoms. The molecule has 1 N–H and O–H groups in total. The van der Waals surface area contributed by atoms with Crippen LogP contribution in [0, 0.1) is 12.8 Å². The van der Waals surface area contributed by atoms with E-state index in [-0.39, 0.29) is 17.7 Å². The molecule has 0 bridgehead atoms. The van der Waals surface area contributed by atoms with E-state index in [9.17, 15) is 4.79 Å². The summed E-state index contributed by atoms with van der Waals surface area (Å²) in [6.45, 7) is 1.89. The molecule has 1 aliphatic carbocycles. The lowest BCUT2D eigenvalue weighted by atomic mass is 10.1. The quantitative estimate of drug-likeness (QED) is 0.451. The third-order valence-corrected chi connectivity index (χ3v) is 6.84. The van der Waals surface area contributed by atoms with Gasteiger partial charge in [0.05, 0.1) is 5.92 Å². The Kier molecular flexibility index (Phi) is 5.25. The zero-order valence-corrected chi connectivity index (χ0v) is 17.9. The second-order valence-electron chi connectivity index (χ2n) is 5.79. The minimum absolute atomic E-state index is 0.0675. The number of halogens is 5. The van der Waals surface area contributed by atoms with Gasteiger partial charge in [0, 0.05) is 26.7 Å².